The quantitative estimate of drug-likeness (QED) is 0.761. The second-order valence-electron chi connectivity index (χ2n) is 8.40. The highest BCUT2D eigenvalue weighted by Gasteiger charge is 2.40. The van der Waals surface area contributed by atoms with Crippen LogP contribution in [0.4, 0.5) is 0 Å². The van der Waals surface area contributed by atoms with Crippen molar-refractivity contribution in [2.45, 2.75) is 71.3 Å². The predicted molar refractivity (Wildman–Crippen MR) is 108 cm³/mol. The molecule has 1 aromatic heterocycles. The Labute approximate surface area is 162 Å². The van der Waals surface area contributed by atoms with Gasteiger partial charge in [0.15, 0.2) is 0 Å². The highest BCUT2D eigenvalue weighted by Crippen LogP contribution is 2.52. The molecule has 1 saturated carbocycles. The molecular weight excluding hydrogens is 359 g/mol. The van der Waals surface area contributed by atoms with Crippen LogP contribution < -0.4 is 5.09 Å². The maximum Gasteiger partial charge on any atom is 0.311 e. The summed E-state index contributed by atoms with van der Waals surface area (Å²) in [6.45, 7) is 7.35. The van der Waals surface area contributed by atoms with Gasteiger partial charge in [-0.05, 0) is 58.4 Å². The Morgan fingerprint density at radius 3 is 1.96 bits per heavy atom. The van der Waals surface area contributed by atoms with E-state index in [-0.39, 0.29) is 5.91 Å². The van der Waals surface area contributed by atoms with E-state index in [2.05, 4.69) is 25.9 Å². The van der Waals surface area contributed by atoms with Gasteiger partial charge in [0, 0.05) is 43.6 Å². The van der Waals surface area contributed by atoms with Crippen LogP contribution in [0, 0.1) is 13.8 Å². The fourth-order valence-electron chi connectivity index (χ4n) is 4.71. The lowest BCUT2D eigenvalue weighted by molar-refractivity contribution is 0.0971. The van der Waals surface area contributed by atoms with Crippen LogP contribution in [0.5, 0.6) is 0 Å². The lowest BCUT2D eigenvalue weighted by Crippen LogP contribution is -2.44. The standard InChI is InChI=1S/C20H33N4O2P/c1-16-15-19(17(2)24(16)18-9-10-18)20(25)21-27(26,22-11-5-3-6-12-22)23-13-7-4-8-14-23/h15,18H,3-14H2,1-2H3,(H,21,25,26). The Morgan fingerprint density at radius 2 is 1.48 bits per heavy atom. The minimum atomic E-state index is -3.07. The summed E-state index contributed by atoms with van der Waals surface area (Å²) in [5.41, 5.74) is 2.83. The Hall–Kier alpha value is -1.10. The van der Waals surface area contributed by atoms with Crippen molar-refractivity contribution in [1.29, 1.82) is 0 Å². The van der Waals surface area contributed by atoms with E-state index in [0.29, 0.717) is 11.6 Å². The van der Waals surface area contributed by atoms with Crippen LogP contribution in [0.2, 0.25) is 0 Å². The first-order chi connectivity index (χ1) is 13.0. The Balaban J connectivity index is 1.60. The molecule has 0 unspecified atom stereocenters. The molecule has 2 aliphatic heterocycles. The molecule has 3 fully saturated rings. The maximum absolute atomic E-state index is 14.2. The molecule has 1 aromatic rings. The average molecular weight is 392 g/mol. The molecule has 2 saturated heterocycles. The van der Waals surface area contributed by atoms with Crippen molar-refractivity contribution in [2.24, 2.45) is 0 Å². The monoisotopic (exact) mass is 392 g/mol. The summed E-state index contributed by atoms with van der Waals surface area (Å²) in [5.74, 6) is -0.172. The van der Waals surface area contributed by atoms with Crippen LogP contribution in [0.15, 0.2) is 6.07 Å². The van der Waals surface area contributed by atoms with Gasteiger partial charge in [-0.1, -0.05) is 12.8 Å². The number of carbonyl (C=O) groups excluding carboxylic acids is 1. The molecule has 1 amide bonds. The fraction of sp³-hybridized carbons (Fsp3) is 0.750. The molecule has 0 spiro atoms. The molecule has 0 bridgehead atoms. The maximum atomic E-state index is 14.2. The molecule has 0 radical (unpaired) electrons. The van der Waals surface area contributed by atoms with Crippen molar-refractivity contribution in [3.05, 3.63) is 23.0 Å². The van der Waals surface area contributed by atoms with Crippen LogP contribution in [-0.2, 0) is 4.57 Å². The first-order valence-corrected chi connectivity index (χ1v) is 12.2. The van der Waals surface area contributed by atoms with E-state index in [9.17, 15) is 9.36 Å². The average Bonchev–Trinajstić information content (AvgIpc) is 3.47. The predicted octanol–water partition coefficient (Wildman–Crippen LogP) is 4.25. The third-order valence-corrected chi connectivity index (χ3v) is 9.15. The third-order valence-electron chi connectivity index (χ3n) is 6.32. The van der Waals surface area contributed by atoms with Gasteiger partial charge in [0.25, 0.3) is 5.91 Å². The molecule has 7 heteroatoms. The number of piperidine rings is 2. The van der Waals surface area contributed by atoms with E-state index >= 15 is 0 Å². The number of rotatable bonds is 5. The Morgan fingerprint density at radius 1 is 0.963 bits per heavy atom. The third kappa shape index (κ3) is 3.76. The summed E-state index contributed by atoms with van der Waals surface area (Å²) in [5, 5.41) is 3.04. The summed E-state index contributed by atoms with van der Waals surface area (Å²) < 4.78 is 20.6. The molecule has 27 heavy (non-hydrogen) atoms. The normalized spacial score (nSPS) is 22.7. The number of hydrogen-bond donors (Lipinski definition) is 1. The van der Waals surface area contributed by atoms with Gasteiger partial charge in [0.05, 0.1) is 5.56 Å². The van der Waals surface area contributed by atoms with Crippen LogP contribution in [0.25, 0.3) is 0 Å². The smallest absolute Gasteiger partial charge is 0.311 e. The minimum absolute atomic E-state index is 0.172. The van der Waals surface area contributed by atoms with Crippen LogP contribution in [0.1, 0.15) is 79.2 Å². The fourth-order valence-corrected chi connectivity index (χ4v) is 7.39. The number of carbonyl (C=O) groups is 1. The molecule has 0 aromatic carbocycles. The summed E-state index contributed by atoms with van der Waals surface area (Å²) in [4.78, 5) is 13.2. The SMILES string of the molecule is Cc1cc(C(=O)NP(=O)(N2CCCCC2)N2CCCCC2)c(C)n1C1CC1. The van der Waals surface area contributed by atoms with E-state index < -0.39 is 7.59 Å². The number of nitrogens with zero attached hydrogens (tertiary/aromatic N) is 3. The van der Waals surface area contributed by atoms with Crippen molar-refractivity contribution >= 4 is 13.5 Å². The number of aromatic nitrogens is 1. The zero-order chi connectivity index (χ0) is 19.0. The molecule has 150 valence electrons. The topological polar surface area (TPSA) is 57.6 Å². The molecule has 1 aliphatic carbocycles. The number of aryl methyl sites for hydroxylation is 1. The molecule has 1 N–H and O–H groups in total. The summed E-state index contributed by atoms with van der Waals surface area (Å²) >= 11 is 0. The van der Waals surface area contributed by atoms with Crippen LogP contribution in [0.3, 0.4) is 0 Å². The van der Waals surface area contributed by atoms with E-state index in [1.54, 1.807) is 0 Å². The molecular formula is C20H33N4O2P. The zero-order valence-electron chi connectivity index (χ0n) is 16.7. The number of amides is 1. The Kier molecular flexibility index (Phi) is 5.50. The zero-order valence-corrected chi connectivity index (χ0v) is 17.6. The van der Waals surface area contributed by atoms with Gasteiger partial charge in [-0.25, -0.2) is 9.34 Å². The van der Waals surface area contributed by atoms with Gasteiger partial charge in [-0.3, -0.25) is 14.4 Å². The van der Waals surface area contributed by atoms with Crippen molar-refractivity contribution in [2.75, 3.05) is 26.2 Å². The number of hydrogen-bond acceptors (Lipinski definition) is 2. The lowest BCUT2D eigenvalue weighted by atomic mass is 10.2. The van der Waals surface area contributed by atoms with Crippen molar-refractivity contribution in [3.63, 3.8) is 0 Å². The second-order valence-corrected chi connectivity index (χ2v) is 10.8. The molecule has 4 rings (SSSR count). The number of nitrogens with one attached hydrogen (secondary N) is 1. The largest absolute Gasteiger partial charge is 0.345 e. The summed E-state index contributed by atoms with van der Waals surface area (Å²) in [6.07, 6.45) is 9.00. The van der Waals surface area contributed by atoms with E-state index in [1.165, 1.54) is 25.7 Å². The summed E-state index contributed by atoms with van der Waals surface area (Å²) in [6, 6.07) is 2.52. The highest BCUT2D eigenvalue weighted by molar-refractivity contribution is 7.57. The van der Waals surface area contributed by atoms with Gasteiger partial charge < -0.3 is 4.57 Å². The first kappa shape index (κ1) is 19.2. The molecule has 3 aliphatic rings. The Bertz CT molecular complexity index is 721. The van der Waals surface area contributed by atoms with Gasteiger partial charge in [-0.2, -0.15) is 0 Å². The highest BCUT2D eigenvalue weighted by atomic mass is 31.2. The first-order valence-electron chi connectivity index (χ1n) is 10.6. The molecule has 3 heterocycles. The van der Waals surface area contributed by atoms with Crippen molar-refractivity contribution in [1.82, 2.24) is 19.0 Å². The van der Waals surface area contributed by atoms with Crippen LogP contribution in [-0.4, -0.2) is 46.0 Å². The summed E-state index contributed by atoms with van der Waals surface area (Å²) in [7, 11) is -3.07. The molecule has 0 atom stereocenters. The van der Waals surface area contributed by atoms with Gasteiger partial charge in [-0.15, -0.1) is 0 Å². The van der Waals surface area contributed by atoms with Crippen molar-refractivity contribution in [3.8, 4) is 0 Å². The second kappa shape index (κ2) is 7.73. The van der Waals surface area contributed by atoms with E-state index in [1.807, 2.05) is 13.0 Å². The minimum Gasteiger partial charge on any atom is -0.345 e. The van der Waals surface area contributed by atoms with Gasteiger partial charge in [0.1, 0.15) is 0 Å². The van der Waals surface area contributed by atoms with Crippen LogP contribution >= 0.6 is 7.59 Å². The van der Waals surface area contributed by atoms with Crippen molar-refractivity contribution < 1.29 is 9.36 Å². The van der Waals surface area contributed by atoms with E-state index in [0.717, 1.165) is 63.3 Å². The lowest BCUT2D eigenvalue weighted by Gasteiger charge is -2.42. The van der Waals surface area contributed by atoms with E-state index in [4.69, 9.17) is 0 Å². The van der Waals surface area contributed by atoms with Gasteiger partial charge in [0.2, 0.25) is 0 Å². The molecule has 6 nitrogen and oxygen atoms in total. The van der Waals surface area contributed by atoms with Gasteiger partial charge >= 0.3 is 7.59 Å².